The summed E-state index contributed by atoms with van der Waals surface area (Å²) in [6.07, 6.45) is -1.68. The van der Waals surface area contributed by atoms with Gasteiger partial charge in [0.25, 0.3) is 5.92 Å². The Labute approximate surface area is 123 Å². The van der Waals surface area contributed by atoms with Crippen LogP contribution in [0, 0.1) is 0 Å². The van der Waals surface area contributed by atoms with Crippen molar-refractivity contribution in [2.24, 2.45) is 0 Å². The van der Waals surface area contributed by atoms with E-state index >= 15 is 0 Å². The van der Waals surface area contributed by atoms with Crippen LogP contribution < -0.4 is 0 Å². The predicted octanol–water partition coefficient (Wildman–Crippen LogP) is 3.54. The fourth-order valence-electron chi connectivity index (χ4n) is 2.21. The Morgan fingerprint density at radius 3 is 2.62 bits per heavy atom. The van der Waals surface area contributed by atoms with Gasteiger partial charge in [0.15, 0.2) is 11.9 Å². The summed E-state index contributed by atoms with van der Waals surface area (Å²) in [5, 5.41) is 0. The lowest BCUT2D eigenvalue weighted by atomic mass is 10.1. The van der Waals surface area contributed by atoms with E-state index in [9.17, 15) is 8.78 Å². The highest BCUT2D eigenvalue weighted by atomic mass is 19.3. The molecule has 1 aliphatic heterocycles. The Hall–Kier alpha value is -1.30. The van der Waals surface area contributed by atoms with Gasteiger partial charge in [0, 0.05) is 0 Å². The Bertz CT molecular complexity index is 474. The minimum atomic E-state index is -3.19. The lowest BCUT2D eigenvalue weighted by Gasteiger charge is -2.29. The molecule has 3 nitrogen and oxygen atoms in total. The second kappa shape index (κ2) is 6.22. The van der Waals surface area contributed by atoms with Gasteiger partial charge in [-0.15, -0.1) is 0 Å². The van der Waals surface area contributed by atoms with Crippen LogP contribution in [-0.2, 0) is 20.8 Å². The normalized spacial score (nSPS) is 23.0. The van der Waals surface area contributed by atoms with Gasteiger partial charge in [-0.05, 0) is 25.5 Å². The van der Waals surface area contributed by atoms with Crippen molar-refractivity contribution >= 4 is 0 Å². The molecule has 0 bridgehead atoms. The standard InChI is InChI=1S/C16H20F2O3/c1-4-16(17,18)14(13-11-20-15(2,3)21-13)19-10-12-8-6-5-7-9-12/h4-9,13-14H,1,10-11H2,2-3H3/t13?,14-/m1/s1. The molecule has 1 aromatic rings. The van der Waals surface area contributed by atoms with Crippen molar-refractivity contribution in [2.45, 2.75) is 44.4 Å². The van der Waals surface area contributed by atoms with Crippen LogP contribution in [0.3, 0.4) is 0 Å². The molecule has 2 atom stereocenters. The van der Waals surface area contributed by atoms with Gasteiger partial charge >= 0.3 is 0 Å². The van der Waals surface area contributed by atoms with Crippen LogP contribution >= 0.6 is 0 Å². The minimum Gasteiger partial charge on any atom is -0.364 e. The number of halogens is 2. The smallest absolute Gasteiger partial charge is 0.294 e. The molecular weight excluding hydrogens is 278 g/mol. The molecule has 0 N–H and O–H groups in total. The molecule has 2 rings (SSSR count). The van der Waals surface area contributed by atoms with Crippen molar-refractivity contribution in [2.75, 3.05) is 6.61 Å². The average Bonchev–Trinajstić information content (AvgIpc) is 2.80. The van der Waals surface area contributed by atoms with Crippen LogP contribution in [0.15, 0.2) is 43.0 Å². The molecule has 5 heteroatoms. The van der Waals surface area contributed by atoms with E-state index in [0.29, 0.717) is 6.08 Å². The zero-order valence-electron chi connectivity index (χ0n) is 12.2. The number of rotatable bonds is 6. The molecule has 1 fully saturated rings. The van der Waals surface area contributed by atoms with Crippen LogP contribution in [0.1, 0.15) is 19.4 Å². The van der Waals surface area contributed by atoms with Crippen molar-refractivity contribution < 1.29 is 23.0 Å². The maximum atomic E-state index is 14.0. The first-order valence-corrected chi connectivity index (χ1v) is 6.83. The summed E-state index contributed by atoms with van der Waals surface area (Å²) >= 11 is 0. The first kappa shape index (κ1) is 16.1. The summed E-state index contributed by atoms with van der Waals surface area (Å²) in [5.74, 6) is -4.07. The van der Waals surface area contributed by atoms with Gasteiger partial charge in [0.2, 0.25) is 0 Å². The Morgan fingerprint density at radius 2 is 2.10 bits per heavy atom. The minimum absolute atomic E-state index is 0.0654. The predicted molar refractivity (Wildman–Crippen MR) is 75.1 cm³/mol. The molecule has 1 saturated heterocycles. The van der Waals surface area contributed by atoms with Gasteiger partial charge < -0.3 is 14.2 Å². The topological polar surface area (TPSA) is 27.7 Å². The lowest BCUT2D eigenvalue weighted by Crippen LogP contribution is -2.45. The molecule has 116 valence electrons. The quantitative estimate of drug-likeness (QED) is 0.752. The summed E-state index contributed by atoms with van der Waals surface area (Å²) in [7, 11) is 0. The fourth-order valence-corrected chi connectivity index (χ4v) is 2.21. The van der Waals surface area contributed by atoms with E-state index in [2.05, 4.69) is 6.58 Å². The molecule has 0 aliphatic carbocycles. The van der Waals surface area contributed by atoms with E-state index in [-0.39, 0.29) is 13.2 Å². The first-order chi connectivity index (χ1) is 9.84. The summed E-state index contributed by atoms with van der Waals surface area (Å²) in [4.78, 5) is 0. The van der Waals surface area contributed by atoms with Crippen LogP contribution in [0.25, 0.3) is 0 Å². The highest BCUT2D eigenvalue weighted by molar-refractivity contribution is 5.13. The van der Waals surface area contributed by atoms with E-state index in [1.807, 2.05) is 30.3 Å². The van der Waals surface area contributed by atoms with Crippen LogP contribution in [0.2, 0.25) is 0 Å². The summed E-state index contributed by atoms with van der Waals surface area (Å²) in [6, 6.07) is 9.16. The Balaban J connectivity index is 2.08. The van der Waals surface area contributed by atoms with Crippen LogP contribution in [-0.4, -0.2) is 30.5 Å². The molecule has 1 unspecified atom stereocenters. The number of hydrogen-bond donors (Lipinski definition) is 0. The molecule has 21 heavy (non-hydrogen) atoms. The zero-order valence-corrected chi connectivity index (χ0v) is 12.2. The maximum absolute atomic E-state index is 14.0. The van der Waals surface area contributed by atoms with Crippen molar-refractivity contribution in [3.05, 3.63) is 48.6 Å². The van der Waals surface area contributed by atoms with Crippen LogP contribution in [0.4, 0.5) is 8.78 Å². The monoisotopic (exact) mass is 298 g/mol. The zero-order chi connectivity index (χ0) is 15.5. The van der Waals surface area contributed by atoms with Crippen molar-refractivity contribution in [1.29, 1.82) is 0 Å². The van der Waals surface area contributed by atoms with Crippen molar-refractivity contribution in [3.8, 4) is 0 Å². The third kappa shape index (κ3) is 4.09. The van der Waals surface area contributed by atoms with Gasteiger partial charge in [0.1, 0.15) is 6.10 Å². The highest BCUT2D eigenvalue weighted by Crippen LogP contribution is 2.33. The molecule has 0 amide bonds. The van der Waals surface area contributed by atoms with Crippen LogP contribution in [0.5, 0.6) is 0 Å². The first-order valence-electron chi connectivity index (χ1n) is 6.83. The Kier molecular flexibility index (Phi) is 4.76. The number of alkyl halides is 2. The molecule has 0 spiro atoms. The highest BCUT2D eigenvalue weighted by Gasteiger charge is 2.48. The molecule has 1 aliphatic rings. The van der Waals surface area contributed by atoms with E-state index in [4.69, 9.17) is 14.2 Å². The summed E-state index contributed by atoms with van der Waals surface area (Å²) < 4.78 is 44.4. The van der Waals surface area contributed by atoms with E-state index in [0.717, 1.165) is 5.56 Å². The third-order valence-corrected chi connectivity index (χ3v) is 3.29. The summed E-state index contributed by atoms with van der Waals surface area (Å²) in [5.41, 5.74) is 0.820. The Morgan fingerprint density at radius 1 is 1.43 bits per heavy atom. The number of ether oxygens (including phenoxy) is 3. The lowest BCUT2D eigenvalue weighted by molar-refractivity contribution is -0.193. The van der Waals surface area contributed by atoms with Gasteiger partial charge in [-0.25, -0.2) is 0 Å². The second-order valence-electron chi connectivity index (χ2n) is 5.46. The summed E-state index contributed by atoms with van der Waals surface area (Å²) in [6.45, 7) is 6.71. The van der Waals surface area contributed by atoms with Crippen molar-refractivity contribution in [3.63, 3.8) is 0 Å². The van der Waals surface area contributed by atoms with E-state index in [1.165, 1.54) is 0 Å². The molecule has 0 saturated carbocycles. The fraction of sp³-hybridized carbons (Fsp3) is 0.500. The number of benzene rings is 1. The maximum Gasteiger partial charge on any atom is 0.294 e. The molecule has 0 aromatic heterocycles. The van der Waals surface area contributed by atoms with Gasteiger partial charge in [0.05, 0.1) is 13.2 Å². The van der Waals surface area contributed by atoms with Gasteiger partial charge in [-0.1, -0.05) is 36.9 Å². The average molecular weight is 298 g/mol. The van der Waals surface area contributed by atoms with Gasteiger partial charge in [-0.3, -0.25) is 0 Å². The molecule has 0 radical (unpaired) electrons. The second-order valence-corrected chi connectivity index (χ2v) is 5.46. The third-order valence-electron chi connectivity index (χ3n) is 3.29. The number of hydrogen-bond acceptors (Lipinski definition) is 3. The van der Waals surface area contributed by atoms with E-state index in [1.54, 1.807) is 13.8 Å². The largest absolute Gasteiger partial charge is 0.364 e. The van der Waals surface area contributed by atoms with E-state index < -0.39 is 23.9 Å². The molecule has 1 aromatic carbocycles. The SMILES string of the molecule is C=CC(F)(F)[C@H](OCc1ccccc1)C1COC(C)(C)O1. The molecule has 1 heterocycles. The van der Waals surface area contributed by atoms with Crippen molar-refractivity contribution in [1.82, 2.24) is 0 Å². The van der Waals surface area contributed by atoms with Gasteiger partial charge in [-0.2, -0.15) is 8.78 Å². The molecular formula is C16H20F2O3.